The molecular weight excluding hydrogens is 851 g/mol. The van der Waals surface area contributed by atoms with E-state index in [-0.39, 0.29) is 35.5 Å². The van der Waals surface area contributed by atoms with Crippen molar-refractivity contribution < 1.29 is 58.7 Å². The molecule has 0 aromatic heterocycles. The van der Waals surface area contributed by atoms with E-state index in [1.165, 1.54) is 0 Å². The standard InChI is InChI=1S/C49H73N5O12/c1-8-48(19-10-12-22-53(7)29-48)35-24-33(25-37(27-35)66-47(64)50-21-15-18-38(55)51-39(31(3)4)44(59)60)28-54-23-13-11-20-49(9-2,30-54)34-16-14-17-36(26-34)65-46(63)42(57)41(56)43(58)52-40(32(5)6)45(61)62/h14,16-17,24-27,31-32,39-42,56-57H,8-13,15,18-23,28-30H2,1-7H3,(H,50,64)(H,51,55)(H,52,58)(H,59,60)(H,61,62). The molecule has 0 radical (unpaired) electrons. The first-order chi connectivity index (χ1) is 31.2. The average molecular weight is 924 g/mol. The predicted molar refractivity (Wildman–Crippen MR) is 247 cm³/mol. The minimum atomic E-state index is -2.27. The van der Waals surface area contributed by atoms with Gasteiger partial charge in [0.1, 0.15) is 23.6 Å². The molecule has 6 unspecified atom stereocenters. The van der Waals surface area contributed by atoms with E-state index in [1.54, 1.807) is 45.9 Å². The Morgan fingerprint density at radius 1 is 0.727 bits per heavy atom. The number of benzene rings is 2. The molecule has 17 heteroatoms. The first-order valence-corrected chi connectivity index (χ1v) is 23.5. The van der Waals surface area contributed by atoms with Gasteiger partial charge in [0, 0.05) is 43.4 Å². The molecule has 2 aliphatic rings. The Hall–Kier alpha value is -5.10. The fourth-order valence-corrected chi connectivity index (χ4v) is 9.30. The van der Waals surface area contributed by atoms with Crippen molar-refractivity contribution >= 4 is 35.8 Å². The Labute approximate surface area is 389 Å². The van der Waals surface area contributed by atoms with Crippen LogP contribution in [0.3, 0.4) is 0 Å². The van der Waals surface area contributed by atoms with Crippen LogP contribution in [0.4, 0.5) is 4.79 Å². The van der Waals surface area contributed by atoms with E-state index in [2.05, 4.69) is 52.7 Å². The molecule has 366 valence electrons. The molecule has 6 atom stereocenters. The second kappa shape index (κ2) is 24.6. The summed E-state index contributed by atoms with van der Waals surface area (Å²) >= 11 is 0. The van der Waals surface area contributed by atoms with Gasteiger partial charge in [-0.05, 0) is 118 Å². The van der Waals surface area contributed by atoms with Crippen LogP contribution in [-0.2, 0) is 41.3 Å². The summed E-state index contributed by atoms with van der Waals surface area (Å²) in [5, 5.41) is 47.3. The number of likely N-dealkylation sites (N-methyl/N-ethyl adjacent to an activating group) is 1. The summed E-state index contributed by atoms with van der Waals surface area (Å²) in [6, 6.07) is 10.8. The van der Waals surface area contributed by atoms with Gasteiger partial charge in [-0.15, -0.1) is 0 Å². The van der Waals surface area contributed by atoms with Crippen molar-refractivity contribution in [3.8, 4) is 11.5 Å². The monoisotopic (exact) mass is 924 g/mol. The van der Waals surface area contributed by atoms with Crippen LogP contribution in [0.25, 0.3) is 0 Å². The van der Waals surface area contributed by atoms with Crippen molar-refractivity contribution in [1.82, 2.24) is 25.8 Å². The number of carbonyl (C=O) groups excluding carboxylic acids is 4. The van der Waals surface area contributed by atoms with Crippen LogP contribution in [0.1, 0.15) is 122 Å². The molecule has 17 nitrogen and oxygen atoms in total. The number of esters is 1. The SMILES string of the molecule is CCC1(c2cc(CN3CCCCC(CC)(c4cccc(OC(=O)C(O)C(O)C(=O)NC(C(=O)O)C(C)C)c4)C3)cc(OC(=O)NCCCC(=O)NC(C(=O)O)C(C)C)c2)CCCCN(C)C1. The van der Waals surface area contributed by atoms with Gasteiger partial charge in [0.25, 0.3) is 5.91 Å². The van der Waals surface area contributed by atoms with Crippen molar-refractivity contribution in [3.05, 3.63) is 59.2 Å². The minimum Gasteiger partial charge on any atom is -0.480 e. The number of nitrogens with zero attached hydrogens (tertiary/aromatic N) is 2. The maximum atomic E-state index is 13.2. The number of ether oxygens (including phenoxy) is 2. The molecule has 4 rings (SSSR count). The van der Waals surface area contributed by atoms with E-state index < -0.39 is 66.0 Å². The van der Waals surface area contributed by atoms with E-state index in [0.29, 0.717) is 25.3 Å². The zero-order chi connectivity index (χ0) is 48.8. The number of likely N-dealkylation sites (tertiary alicyclic amines) is 2. The number of carbonyl (C=O) groups is 6. The number of carboxylic acid groups (broad SMARTS) is 2. The fraction of sp³-hybridized carbons (Fsp3) is 0.633. The van der Waals surface area contributed by atoms with Crippen LogP contribution in [-0.4, -0.2) is 130 Å². The summed E-state index contributed by atoms with van der Waals surface area (Å²) < 4.78 is 11.5. The van der Waals surface area contributed by atoms with E-state index in [4.69, 9.17) is 9.47 Å². The maximum absolute atomic E-state index is 13.2. The third-order valence-corrected chi connectivity index (χ3v) is 13.3. The van der Waals surface area contributed by atoms with Gasteiger partial charge in [-0.3, -0.25) is 14.5 Å². The molecule has 2 aromatic carbocycles. The van der Waals surface area contributed by atoms with Crippen molar-refractivity contribution in [2.45, 2.75) is 147 Å². The van der Waals surface area contributed by atoms with E-state index in [9.17, 15) is 49.2 Å². The van der Waals surface area contributed by atoms with E-state index in [1.807, 2.05) is 18.2 Å². The molecule has 0 bridgehead atoms. The Morgan fingerprint density at radius 3 is 1.95 bits per heavy atom. The number of rotatable bonds is 21. The van der Waals surface area contributed by atoms with Crippen LogP contribution < -0.4 is 25.4 Å². The molecule has 66 heavy (non-hydrogen) atoms. The van der Waals surface area contributed by atoms with Crippen LogP contribution in [0.15, 0.2) is 42.5 Å². The van der Waals surface area contributed by atoms with Crippen LogP contribution in [0.2, 0.25) is 0 Å². The second-order valence-corrected chi connectivity index (χ2v) is 19.0. The zero-order valence-electron chi connectivity index (χ0n) is 39.8. The predicted octanol–water partition coefficient (Wildman–Crippen LogP) is 4.73. The van der Waals surface area contributed by atoms with Gasteiger partial charge >= 0.3 is 24.0 Å². The van der Waals surface area contributed by atoms with Gasteiger partial charge < -0.3 is 50.8 Å². The highest BCUT2D eigenvalue weighted by atomic mass is 16.6. The molecule has 0 aliphatic carbocycles. The summed E-state index contributed by atoms with van der Waals surface area (Å²) in [7, 11) is 2.14. The molecular formula is C49H73N5O12. The second-order valence-electron chi connectivity index (χ2n) is 19.0. The molecule has 2 saturated heterocycles. The summed E-state index contributed by atoms with van der Waals surface area (Å²) in [5.41, 5.74) is 2.46. The Kier molecular flexibility index (Phi) is 20.0. The highest BCUT2D eigenvalue weighted by molar-refractivity contribution is 5.91. The molecule has 3 amide bonds. The van der Waals surface area contributed by atoms with Gasteiger partial charge in [0.05, 0.1) is 0 Å². The summed E-state index contributed by atoms with van der Waals surface area (Å²) in [6.07, 6.45) is 2.65. The number of hydrogen-bond acceptors (Lipinski definition) is 12. The van der Waals surface area contributed by atoms with Gasteiger partial charge in [0.15, 0.2) is 12.2 Å². The highest BCUT2D eigenvalue weighted by Crippen LogP contribution is 2.41. The maximum Gasteiger partial charge on any atom is 0.412 e. The van der Waals surface area contributed by atoms with E-state index in [0.717, 1.165) is 87.7 Å². The van der Waals surface area contributed by atoms with Gasteiger partial charge in [-0.25, -0.2) is 19.2 Å². The molecule has 7 N–H and O–H groups in total. The van der Waals surface area contributed by atoms with Gasteiger partial charge in [-0.1, -0.05) is 72.6 Å². The number of carboxylic acids is 2. The molecule has 0 spiro atoms. The average Bonchev–Trinajstić information content (AvgIpc) is 3.61. The number of amides is 3. The molecule has 0 saturated carbocycles. The van der Waals surface area contributed by atoms with Crippen molar-refractivity contribution in [3.63, 3.8) is 0 Å². The summed E-state index contributed by atoms with van der Waals surface area (Å²) in [5.74, 6) is -5.59. The lowest BCUT2D eigenvalue weighted by Gasteiger charge is -2.37. The van der Waals surface area contributed by atoms with Crippen LogP contribution >= 0.6 is 0 Å². The number of nitrogens with one attached hydrogen (secondary N) is 3. The Morgan fingerprint density at radius 2 is 1.33 bits per heavy atom. The lowest BCUT2D eigenvalue weighted by molar-refractivity contribution is -0.157. The smallest absolute Gasteiger partial charge is 0.412 e. The molecule has 2 fully saturated rings. The van der Waals surface area contributed by atoms with Crippen molar-refractivity contribution in [2.24, 2.45) is 11.8 Å². The molecule has 2 aromatic rings. The first kappa shape index (κ1) is 53.5. The zero-order valence-corrected chi connectivity index (χ0v) is 39.8. The first-order valence-electron chi connectivity index (χ1n) is 23.5. The number of aliphatic carboxylic acids is 2. The lowest BCUT2D eigenvalue weighted by atomic mass is 9.73. The van der Waals surface area contributed by atoms with Gasteiger partial charge in [-0.2, -0.15) is 0 Å². The van der Waals surface area contributed by atoms with Crippen molar-refractivity contribution in [1.29, 1.82) is 0 Å². The van der Waals surface area contributed by atoms with E-state index >= 15 is 0 Å². The summed E-state index contributed by atoms with van der Waals surface area (Å²) in [6.45, 7) is 14.9. The topological polar surface area (TPSA) is 244 Å². The Balaban J connectivity index is 1.53. The van der Waals surface area contributed by atoms with Gasteiger partial charge in [0.2, 0.25) is 5.91 Å². The lowest BCUT2D eigenvalue weighted by Crippen LogP contribution is -2.53. The fourth-order valence-electron chi connectivity index (χ4n) is 9.30. The quantitative estimate of drug-likeness (QED) is 0.0509. The molecule has 2 heterocycles. The van der Waals surface area contributed by atoms with Crippen molar-refractivity contribution in [2.75, 3.05) is 39.8 Å². The molecule has 2 aliphatic heterocycles. The number of aliphatic hydroxyl groups is 2. The largest absolute Gasteiger partial charge is 0.480 e. The van der Waals surface area contributed by atoms with Crippen LogP contribution in [0.5, 0.6) is 11.5 Å². The third-order valence-electron chi connectivity index (χ3n) is 13.3. The summed E-state index contributed by atoms with van der Waals surface area (Å²) in [4.78, 5) is 79.1. The number of hydrogen-bond donors (Lipinski definition) is 7. The minimum absolute atomic E-state index is 0.0391. The third kappa shape index (κ3) is 14.7. The normalized spacial score (nSPS) is 21.4. The number of aliphatic hydroxyl groups excluding tert-OH is 2. The van der Waals surface area contributed by atoms with Crippen LogP contribution in [0, 0.1) is 11.8 Å². The highest BCUT2D eigenvalue weighted by Gasteiger charge is 2.38. The Bertz CT molecular complexity index is 1990.